The van der Waals surface area contributed by atoms with Gasteiger partial charge in [0, 0.05) is 18.2 Å². The Bertz CT molecular complexity index is 455. The molecule has 0 radical (unpaired) electrons. The zero-order valence-corrected chi connectivity index (χ0v) is 11.5. The van der Waals surface area contributed by atoms with Crippen LogP contribution in [0.1, 0.15) is 37.6 Å². The van der Waals surface area contributed by atoms with Gasteiger partial charge in [-0.25, -0.2) is 8.78 Å². The Morgan fingerprint density at radius 1 is 1.32 bits per heavy atom. The third kappa shape index (κ3) is 5.34. The zero-order chi connectivity index (χ0) is 14.6. The molecule has 0 saturated heterocycles. The monoisotopic (exact) mass is 270 g/mol. The van der Waals surface area contributed by atoms with Gasteiger partial charge in [-0.2, -0.15) is 0 Å². The van der Waals surface area contributed by atoms with Crippen LogP contribution >= 0.6 is 0 Å². The summed E-state index contributed by atoms with van der Waals surface area (Å²) in [6.07, 6.45) is 0.755. The summed E-state index contributed by atoms with van der Waals surface area (Å²) in [5.74, 6) is -2.46. The molecule has 0 aliphatic carbocycles. The first-order valence-corrected chi connectivity index (χ1v) is 6.18. The molecule has 0 saturated carbocycles. The highest BCUT2D eigenvalue weighted by Gasteiger charge is 2.17. The molecule has 0 aromatic heterocycles. The predicted molar refractivity (Wildman–Crippen MR) is 70.7 cm³/mol. The van der Waals surface area contributed by atoms with Gasteiger partial charge in [-0.3, -0.25) is 4.79 Å². The van der Waals surface area contributed by atoms with Gasteiger partial charge in [0.05, 0.1) is 0 Å². The van der Waals surface area contributed by atoms with E-state index in [1.54, 1.807) is 0 Å². The van der Waals surface area contributed by atoms with Gasteiger partial charge in [-0.15, -0.1) is 0 Å². The summed E-state index contributed by atoms with van der Waals surface area (Å²) >= 11 is 0. The van der Waals surface area contributed by atoms with E-state index in [1.165, 1.54) is 6.07 Å². The average molecular weight is 270 g/mol. The predicted octanol–water partition coefficient (Wildman–Crippen LogP) is 2.46. The van der Waals surface area contributed by atoms with Gasteiger partial charge >= 0.3 is 0 Å². The van der Waals surface area contributed by atoms with Crippen LogP contribution in [0, 0.1) is 17.0 Å². The summed E-state index contributed by atoms with van der Waals surface area (Å²) in [4.78, 5) is 11.7. The summed E-state index contributed by atoms with van der Waals surface area (Å²) in [6, 6.07) is 2.87. The number of carbonyl (C=O) groups is 1. The molecule has 0 heterocycles. The number of halogens is 2. The molecule has 106 valence electrons. The van der Waals surface area contributed by atoms with Gasteiger partial charge in [0.2, 0.25) is 0 Å². The lowest BCUT2D eigenvalue weighted by Crippen LogP contribution is -2.39. The molecule has 0 fully saturated rings. The number of hydrogen-bond donors (Lipinski definition) is 2. The number of hydrogen-bond acceptors (Lipinski definition) is 2. The second-order valence-electron chi connectivity index (χ2n) is 5.86. The maximum absolute atomic E-state index is 13.0. The molecule has 0 aliphatic rings. The van der Waals surface area contributed by atoms with Crippen LogP contribution in [0.5, 0.6) is 0 Å². The fourth-order valence-corrected chi connectivity index (χ4v) is 1.82. The minimum Gasteiger partial charge on any atom is -0.350 e. The molecule has 5 heteroatoms. The van der Waals surface area contributed by atoms with Crippen molar-refractivity contribution in [3.63, 3.8) is 0 Å². The first-order chi connectivity index (χ1) is 8.69. The van der Waals surface area contributed by atoms with Crippen molar-refractivity contribution in [1.29, 1.82) is 0 Å². The van der Waals surface area contributed by atoms with Gasteiger partial charge in [-0.1, -0.05) is 20.8 Å². The van der Waals surface area contributed by atoms with Crippen LogP contribution < -0.4 is 11.1 Å². The van der Waals surface area contributed by atoms with E-state index in [0.29, 0.717) is 6.54 Å². The maximum Gasteiger partial charge on any atom is 0.251 e. The second-order valence-corrected chi connectivity index (χ2v) is 5.86. The number of benzene rings is 1. The molecule has 19 heavy (non-hydrogen) atoms. The SMILES string of the molecule is CC(C)(C)CC(N)CNC(=O)c1ccc(F)c(F)c1. The second kappa shape index (κ2) is 6.10. The molecule has 3 nitrogen and oxygen atoms in total. The number of rotatable bonds is 4. The normalized spacial score (nSPS) is 13.2. The Morgan fingerprint density at radius 3 is 2.47 bits per heavy atom. The highest BCUT2D eigenvalue weighted by molar-refractivity contribution is 5.94. The molecule has 1 unspecified atom stereocenters. The molecular formula is C14H20F2N2O. The molecule has 3 N–H and O–H groups in total. The summed E-state index contributed by atoms with van der Waals surface area (Å²) in [7, 11) is 0. The van der Waals surface area contributed by atoms with Crippen molar-refractivity contribution in [2.45, 2.75) is 33.2 Å². The summed E-state index contributed by atoms with van der Waals surface area (Å²) in [5, 5.41) is 2.61. The Hall–Kier alpha value is -1.49. The van der Waals surface area contributed by atoms with E-state index in [9.17, 15) is 13.6 Å². The van der Waals surface area contributed by atoms with Crippen molar-refractivity contribution in [1.82, 2.24) is 5.32 Å². The third-order valence-electron chi connectivity index (χ3n) is 2.58. The molecule has 1 rings (SSSR count). The Balaban J connectivity index is 2.53. The largest absolute Gasteiger partial charge is 0.350 e. The highest BCUT2D eigenvalue weighted by atomic mass is 19.2. The van der Waals surface area contributed by atoms with E-state index in [0.717, 1.165) is 18.6 Å². The smallest absolute Gasteiger partial charge is 0.251 e. The van der Waals surface area contributed by atoms with E-state index < -0.39 is 17.5 Å². The fraction of sp³-hybridized carbons (Fsp3) is 0.500. The average Bonchev–Trinajstić information content (AvgIpc) is 2.27. The summed E-state index contributed by atoms with van der Waals surface area (Å²) in [5.41, 5.74) is 6.05. The van der Waals surface area contributed by atoms with Gasteiger partial charge in [0.1, 0.15) is 0 Å². The van der Waals surface area contributed by atoms with Crippen molar-refractivity contribution in [3.8, 4) is 0 Å². The standard InChI is InChI=1S/C14H20F2N2O/c1-14(2,3)7-10(17)8-18-13(19)9-4-5-11(15)12(16)6-9/h4-6,10H,7-8,17H2,1-3H3,(H,18,19). The molecule has 1 aromatic carbocycles. The number of carbonyl (C=O) groups excluding carboxylic acids is 1. The van der Waals surface area contributed by atoms with E-state index in [-0.39, 0.29) is 17.0 Å². The Kier molecular flexibility index (Phi) is 5.00. The number of nitrogens with two attached hydrogens (primary N) is 1. The summed E-state index contributed by atoms with van der Waals surface area (Å²) in [6.45, 7) is 6.48. The Labute approximate surface area is 112 Å². The van der Waals surface area contributed by atoms with Crippen molar-refractivity contribution in [2.24, 2.45) is 11.1 Å². The van der Waals surface area contributed by atoms with Crippen LogP contribution in [0.25, 0.3) is 0 Å². The van der Waals surface area contributed by atoms with Gasteiger partial charge in [-0.05, 0) is 30.0 Å². The number of nitrogens with one attached hydrogen (secondary N) is 1. The molecule has 0 spiro atoms. The summed E-state index contributed by atoms with van der Waals surface area (Å²) < 4.78 is 25.7. The molecule has 1 amide bonds. The lowest BCUT2D eigenvalue weighted by Gasteiger charge is -2.23. The van der Waals surface area contributed by atoms with E-state index in [4.69, 9.17) is 5.73 Å². The van der Waals surface area contributed by atoms with Crippen LogP contribution in [0.4, 0.5) is 8.78 Å². The first-order valence-electron chi connectivity index (χ1n) is 6.18. The van der Waals surface area contributed by atoms with Crippen LogP contribution in [-0.2, 0) is 0 Å². The maximum atomic E-state index is 13.0. The van der Waals surface area contributed by atoms with Crippen molar-refractivity contribution in [2.75, 3.05) is 6.54 Å². The molecule has 1 atom stereocenters. The first kappa shape index (κ1) is 15.6. The minimum atomic E-state index is -1.04. The van der Waals surface area contributed by atoms with Gasteiger partial charge < -0.3 is 11.1 Å². The molecular weight excluding hydrogens is 250 g/mol. The highest BCUT2D eigenvalue weighted by Crippen LogP contribution is 2.19. The van der Waals surface area contributed by atoms with Crippen LogP contribution in [0.3, 0.4) is 0 Å². The molecule has 0 aliphatic heterocycles. The van der Waals surface area contributed by atoms with Crippen molar-refractivity contribution in [3.05, 3.63) is 35.4 Å². The van der Waals surface area contributed by atoms with E-state index in [2.05, 4.69) is 26.1 Å². The van der Waals surface area contributed by atoms with Gasteiger partial charge in [0.15, 0.2) is 11.6 Å². The molecule has 1 aromatic rings. The topological polar surface area (TPSA) is 55.1 Å². The quantitative estimate of drug-likeness (QED) is 0.883. The van der Waals surface area contributed by atoms with Crippen molar-refractivity contribution >= 4 is 5.91 Å². The number of amides is 1. The lowest BCUT2D eigenvalue weighted by molar-refractivity contribution is 0.0948. The molecule has 0 bridgehead atoms. The van der Waals surface area contributed by atoms with Crippen molar-refractivity contribution < 1.29 is 13.6 Å². The zero-order valence-electron chi connectivity index (χ0n) is 11.5. The fourth-order valence-electron chi connectivity index (χ4n) is 1.82. The van der Waals surface area contributed by atoms with Gasteiger partial charge in [0.25, 0.3) is 5.91 Å². The van der Waals surface area contributed by atoms with Crippen LogP contribution in [0.15, 0.2) is 18.2 Å². The van der Waals surface area contributed by atoms with E-state index in [1.807, 2.05) is 0 Å². The minimum absolute atomic E-state index is 0.0755. The lowest BCUT2D eigenvalue weighted by atomic mass is 9.88. The third-order valence-corrected chi connectivity index (χ3v) is 2.58. The van der Waals surface area contributed by atoms with E-state index >= 15 is 0 Å². The van der Waals surface area contributed by atoms with Crippen LogP contribution in [0.2, 0.25) is 0 Å². The van der Waals surface area contributed by atoms with Crippen LogP contribution in [-0.4, -0.2) is 18.5 Å². The Morgan fingerprint density at radius 2 is 1.95 bits per heavy atom.